The fraction of sp³-hybridized carbons (Fsp3) is 0.105. The first-order valence-corrected chi connectivity index (χ1v) is 8.58. The molecule has 2 N–H and O–H groups in total. The number of halogens is 1. The molecule has 136 valence electrons. The van der Waals surface area contributed by atoms with E-state index < -0.39 is 0 Å². The van der Waals surface area contributed by atoms with Gasteiger partial charge in [-0.25, -0.2) is 9.97 Å². The molecule has 0 radical (unpaired) electrons. The number of carbonyl (C=O) groups is 1. The van der Waals surface area contributed by atoms with Crippen LogP contribution in [0.3, 0.4) is 0 Å². The fourth-order valence-electron chi connectivity index (χ4n) is 2.56. The molecule has 0 spiro atoms. The van der Waals surface area contributed by atoms with E-state index in [9.17, 15) is 4.79 Å². The molecule has 0 unspecified atom stereocenters. The van der Waals surface area contributed by atoms with E-state index in [0.29, 0.717) is 29.0 Å². The maximum absolute atomic E-state index is 12.4. The number of hydrogen-bond donors (Lipinski definition) is 2. The average molecular weight is 383 g/mol. The van der Waals surface area contributed by atoms with Gasteiger partial charge in [0.05, 0.1) is 0 Å². The van der Waals surface area contributed by atoms with Crippen molar-refractivity contribution in [1.82, 2.24) is 15.3 Å². The molecule has 1 aliphatic heterocycles. The molecule has 3 aromatic rings. The molecule has 8 heteroatoms. The SMILES string of the molecule is O=C(NCc1ccccc1Cl)c1ccnc(Nc2ccc3c(c2)OCO3)n1. The van der Waals surface area contributed by atoms with Gasteiger partial charge in [-0.05, 0) is 29.8 Å². The van der Waals surface area contributed by atoms with Crippen molar-refractivity contribution in [2.45, 2.75) is 6.54 Å². The number of aromatic nitrogens is 2. The molecule has 0 fully saturated rings. The Balaban J connectivity index is 1.44. The van der Waals surface area contributed by atoms with Crippen LogP contribution in [0.25, 0.3) is 0 Å². The highest BCUT2D eigenvalue weighted by Crippen LogP contribution is 2.34. The molecule has 1 aromatic heterocycles. The first-order valence-electron chi connectivity index (χ1n) is 8.20. The standard InChI is InChI=1S/C19H15ClN4O3/c20-14-4-2-1-3-12(14)10-22-18(25)15-7-8-21-19(24-15)23-13-5-6-16-17(9-13)27-11-26-16/h1-9H,10-11H2,(H,22,25)(H,21,23,24). The summed E-state index contributed by atoms with van der Waals surface area (Å²) in [7, 11) is 0. The lowest BCUT2D eigenvalue weighted by Crippen LogP contribution is -2.24. The number of nitrogens with zero attached hydrogens (tertiary/aromatic N) is 2. The van der Waals surface area contributed by atoms with Crippen molar-refractivity contribution >= 4 is 29.1 Å². The van der Waals surface area contributed by atoms with Gasteiger partial charge in [0.25, 0.3) is 5.91 Å². The molecule has 1 aliphatic rings. The summed E-state index contributed by atoms with van der Waals surface area (Å²) < 4.78 is 10.6. The Kier molecular flexibility index (Phi) is 4.76. The molecule has 2 aromatic carbocycles. The summed E-state index contributed by atoms with van der Waals surface area (Å²) in [5.74, 6) is 1.33. The number of benzene rings is 2. The summed E-state index contributed by atoms with van der Waals surface area (Å²) in [4.78, 5) is 20.8. The van der Waals surface area contributed by atoms with Gasteiger partial charge in [0.2, 0.25) is 12.7 Å². The predicted octanol–water partition coefficient (Wildman–Crippen LogP) is 3.53. The first-order chi connectivity index (χ1) is 13.2. The summed E-state index contributed by atoms with van der Waals surface area (Å²) >= 11 is 6.10. The maximum atomic E-state index is 12.4. The van der Waals surface area contributed by atoms with Crippen LogP contribution >= 0.6 is 11.6 Å². The Morgan fingerprint density at radius 2 is 1.96 bits per heavy atom. The zero-order valence-corrected chi connectivity index (χ0v) is 14.9. The lowest BCUT2D eigenvalue weighted by Gasteiger charge is -2.09. The van der Waals surface area contributed by atoms with Gasteiger partial charge in [-0.3, -0.25) is 4.79 Å². The number of amides is 1. The summed E-state index contributed by atoms with van der Waals surface area (Å²) in [5.41, 5.74) is 1.81. The molecule has 2 heterocycles. The number of hydrogen-bond acceptors (Lipinski definition) is 6. The summed E-state index contributed by atoms with van der Waals surface area (Å²) in [6.45, 7) is 0.518. The minimum absolute atomic E-state index is 0.205. The van der Waals surface area contributed by atoms with Gasteiger partial charge >= 0.3 is 0 Å². The topological polar surface area (TPSA) is 85.4 Å². The Morgan fingerprint density at radius 1 is 1.11 bits per heavy atom. The van der Waals surface area contributed by atoms with Crippen LogP contribution in [0.15, 0.2) is 54.7 Å². The third-order valence-corrected chi connectivity index (χ3v) is 4.28. The molecular formula is C19H15ClN4O3. The average Bonchev–Trinajstić information content (AvgIpc) is 3.15. The van der Waals surface area contributed by atoms with Crippen molar-refractivity contribution in [3.05, 3.63) is 71.0 Å². The smallest absolute Gasteiger partial charge is 0.270 e. The molecule has 1 amide bonds. The van der Waals surface area contributed by atoms with E-state index in [-0.39, 0.29) is 18.4 Å². The summed E-state index contributed by atoms with van der Waals surface area (Å²) in [6.07, 6.45) is 1.52. The second kappa shape index (κ2) is 7.51. The van der Waals surface area contributed by atoms with Crippen LogP contribution in [0.1, 0.15) is 16.1 Å². The minimum atomic E-state index is -0.314. The van der Waals surface area contributed by atoms with Gasteiger partial charge in [-0.15, -0.1) is 0 Å². The second-order valence-corrected chi connectivity index (χ2v) is 6.14. The quantitative estimate of drug-likeness (QED) is 0.702. The molecule has 0 saturated heterocycles. The van der Waals surface area contributed by atoms with Crippen LogP contribution in [0.4, 0.5) is 11.6 Å². The van der Waals surface area contributed by atoms with E-state index in [1.54, 1.807) is 24.3 Å². The van der Waals surface area contributed by atoms with E-state index in [0.717, 1.165) is 11.3 Å². The van der Waals surface area contributed by atoms with Crippen molar-refractivity contribution in [2.24, 2.45) is 0 Å². The number of anilines is 2. The summed E-state index contributed by atoms with van der Waals surface area (Å²) in [5, 5.41) is 6.46. The molecule has 0 bridgehead atoms. The van der Waals surface area contributed by atoms with Gasteiger partial charge in [0.1, 0.15) is 5.69 Å². The summed E-state index contributed by atoms with van der Waals surface area (Å²) in [6, 6.07) is 14.3. The van der Waals surface area contributed by atoms with Gasteiger partial charge in [0, 0.05) is 29.5 Å². The molecule has 0 aliphatic carbocycles. The lowest BCUT2D eigenvalue weighted by molar-refractivity contribution is 0.0946. The van der Waals surface area contributed by atoms with E-state index in [1.807, 2.05) is 24.3 Å². The highest BCUT2D eigenvalue weighted by Gasteiger charge is 2.14. The van der Waals surface area contributed by atoms with Crippen molar-refractivity contribution < 1.29 is 14.3 Å². The van der Waals surface area contributed by atoms with E-state index in [2.05, 4.69) is 20.6 Å². The monoisotopic (exact) mass is 382 g/mol. The lowest BCUT2D eigenvalue weighted by atomic mass is 10.2. The van der Waals surface area contributed by atoms with Gasteiger partial charge in [-0.1, -0.05) is 29.8 Å². The number of nitrogens with one attached hydrogen (secondary N) is 2. The minimum Gasteiger partial charge on any atom is -0.454 e. The van der Waals surface area contributed by atoms with Crippen molar-refractivity contribution in [3.8, 4) is 11.5 Å². The van der Waals surface area contributed by atoms with Crippen LogP contribution in [0.5, 0.6) is 11.5 Å². The van der Waals surface area contributed by atoms with E-state index >= 15 is 0 Å². The molecule has 4 rings (SSSR count). The highest BCUT2D eigenvalue weighted by molar-refractivity contribution is 6.31. The number of carbonyl (C=O) groups excluding carboxylic acids is 1. The zero-order chi connectivity index (χ0) is 18.6. The van der Waals surface area contributed by atoms with Gasteiger partial charge in [0.15, 0.2) is 11.5 Å². The zero-order valence-electron chi connectivity index (χ0n) is 14.1. The van der Waals surface area contributed by atoms with Gasteiger partial charge in [-0.2, -0.15) is 0 Å². The largest absolute Gasteiger partial charge is 0.454 e. The normalized spacial score (nSPS) is 11.9. The van der Waals surface area contributed by atoms with Crippen LogP contribution in [-0.2, 0) is 6.54 Å². The number of fused-ring (bicyclic) bond motifs is 1. The van der Waals surface area contributed by atoms with Crippen LogP contribution in [-0.4, -0.2) is 22.7 Å². The van der Waals surface area contributed by atoms with Crippen LogP contribution < -0.4 is 20.1 Å². The number of rotatable bonds is 5. The molecular weight excluding hydrogens is 368 g/mol. The molecule has 0 atom stereocenters. The highest BCUT2D eigenvalue weighted by atomic mass is 35.5. The Morgan fingerprint density at radius 3 is 2.85 bits per heavy atom. The van der Waals surface area contributed by atoms with E-state index in [1.165, 1.54) is 6.20 Å². The Hall–Kier alpha value is -3.32. The van der Waals surface area contributed by atoms with Crippen LogP contribution in [0.2, 0.25) is 5.02 Å². The van der Waals surface area contributed by atoms with Crippen molar-refractivity contribution in [3.63, 3.8) is 0 Å². The third-order valence-electron chi connectivity index (χ3n) is 3.91. The van der Waals surface area contributed by atoms with Crippen molar-refractivity contribution in [2.75, 3.05) is 12.1 Å². The predicted molar refractivity (Wildman–Crippen MR) is 101 cm³/mol. The van der Waals surface area contributed by atoms with E-state index in [4.69, 9.17) is 21.1 Å². The Bertz CT molecular complexity index is 996. The molecule has 7 nitrogen and oxygen atoms in total. The van der Waals surface area contributed by atoms with Gasteiger partial charge < -0.3 is 20.1 Å². The maximum Gasteiger partial charge on any atom is 0.270 e. The Labute approximate surface area is 160 Å². The second-order valence-electron chi connectivity index (χ2n) is 5.73. The van der Waals surface area contributed by atoms with Crippen molar-refractivity contribution in [1.29, 1.82) is 0 Å². The number of ether oxygens (including phenoxy) is 2. The molecule has 0 saturated carbocycles. The molecule has 27 heavy (non-hydrogen) atoms. The third kappa shape index (κ3) is 3.93. The fourth-order valence-corrected chi connectivity index (χ4v) is 2.76. The first kappa shape index (κ1) is 17.1. The van der Waals surface area contributed by atoms with Crippen LogP contribution in [0, 0.1) is 0 Å².